The minimum atomic E-state index is -0.192. The van der Waals surface area contributed by atoms with Gasteiger partial charge in [-0.25, -0.2) is 0 Å². The summed E-state index contributed by atoms with van der Waals surface area (Å²) in [6.07, 6.45) is -0.147. The first-order valence-corrected chi connectivity index (χ1v) is 6.86. The number of hydrogen-bond acceptors (Lipinski definition) is 5. The molecular weight excluding hydrogens is 254 g/mol. The lowest BCUT2D eigenvalue weighted by Gasteiger charge is -2.38. The van der Waals surface area contributed by atoms with Gasteiger partial charge in [-0.05, 0) is 31.7 Å². The molecule has 2 unspecified atom stereocenters. The molecule has 0 spiro atoms. The molecule has 1 fully saturated rings. The van der Waals surface area contributed by atoms with Crippen molar-refractivity contribution in [1.29, 1.82) is 5.26 Å². The van der Waals surface area contributed by atoms with E-state index in [9.17, 15) is 10.4 Å². The molecular formula is C15H21N3O2. The molecule has 1 aromatic carbocycles. The molecule has 0 aromatic heterocycles. The number of hydrogen-bond donors (Lipinski definition) is 2. The molecule has 0 radical (unpaired) electrons. The summed E-state index contributed by atoms with van der Waals surface area (Å²) in [7, 11) is 1.88. The molecule has 0 saturated carbocycles. The number of morpholine rings is 1. The van der Waals surface area contributed by atoms with Crippen molar-refractivity contribution in [3.8, 4) is 6.07 Å². The quantitative estimate of drug-likeness (QED) is 0.853. The highest BCUT2D eigenvalue weighted by atomic mass is 16.5. The van der Waals surface area contributed by atoms with Gasteiger partial charge in [-0.3, -0.25) is 0 Å². The summed E-state index contributed by atoms with van der Waals surface area (Å²) in [6, 6.07) is 8.20. The van der Waals surface area contributed by atoms with Gasteiger partial charge < -0.3 is 20.1 Å². The molecule has 5 heteroatoms. The summed E-state index contributed by atoms with van der Waals surface area (Å²) < 4.78 is 5.64. The molecule has 0 amide bonds. The number of aliphatic hydroxyl groups excluding tert-OH is 1. The van der Waals surface area contributed by atoms with Gasteiger partial charge in [0.2, 0.25) is 0 Å². The number of rotatable bonds is 4. The highest BCUT2D eigenvalue weighted by Gasteiger charge is 2.26. The minimum Gasteiger partial charge on any atom is -0.394 e. The molecule has 1 aromatic rings. The first-order chi connectivity index (χ1) is 9.67. The van der Waals surface area contributed by atoms with Crippen LogP contribution in [0.1, 0.15) is 18.1 Å². The fourth-order valence-electron chi connectivity index (χ4n) is 2.61. The van der Waals surface area contributed by atoms with Crippen molar-refractivity contribution in [3.63, 3.8) is 0 Å². The number of nitrogens with one attached hydrogen (secondary N) is 1. The second-order valence-electron chi connectivity index (χ2n) is 5.15. The number of anilines is 1. The maximum Gasteiger partial charge on any atom is 0.101 e. The topological polar surface area (TPSA) is 68.5 Å². The zero-order valence-electron chi connectivity index (χ0n) is 12.0. The Balaban J connectivity index is 2.25. The Labute approximate surface area is 119 Å². The zero-order valence-corrected chi connectivity index (χ0v) is 12.0. The third-order valence-electron chi connectivity index (χ3n) is 3.43. The van der Waals surface area contributed by atoms with Gasteiger partial charge in [-0.1, -0.05) is 6.07 Å². The maximum atomic E-state index is 9.35. The van der Waals surface area contributed by atoms with Crippen LogP contribution in [0, 0.1) is 11.3 Å². The van der Waals surface area contributed by atoms with Crippen molar-refractivity contribution in [1.82, 2.24) is 5.32 Å². The largest absolute Gasteiger partial charge is 0.394 e. The molecule has 108 valence electrons. The zero-order chi connectivity index (χ0) is 14.5. The summed E-state index contributed by atoms with van der Waals surface area (Å²) in [5.41, 5.74) is 2.68. The van der Waals surface area contributed by atoms with E-state index in [4.69, 9.17) is 4.74 Å². The summed E-state index contributed by atoms with van der Waals surface area (Å²) >= 11 is 0. The number of aliphatic hydroxyl groups is 1. The second-order valence-corrected chi connectivity index (χ2v) is 5.15. The lowest BCUT2D eigenvalue weighted by molar-refractivity contribution is -0.0421. The molecule has 1 saturated heterocycles. The Morgan fingerprint density at radius 2 is 2.30 bits per heavy atom. The van der Waals surface area contributed by atoms with Gasteiger partial charge in [-0.2, -0.15) is 5.26 Å². The van der Waals surface area contributed by atoms with E-state index < -0.39 is 0 Å². The number of benzene rings is 1. The van der Waals surface area contributed by atoms with Crippen LogP contribution in [0.15, 0.2) is 18.2 Å². The average Bonchev–Trinajstić information content (AvgIpc) is 2.46. The molecule has 2 rings (SSSR count). The summed E-state index contributed by atoms with van der Waals surface area (Å²) in [4.78, 5) is 2.12. The molecule has 1 aliphatic rings. The highest BCUT2D eigenvalue weighted by molar-refractivity contribution is 5.61. The van der Waals surface area contributed by atoms with Crippen LogP contribution in [0.4, 0.5) is 5.69 Å². The molecule has 5 nitrogen and oxygen atoms in total. The van der Waals surface area contributed by atoms with Crippen molar-refractivity contribution in [2.45, 2.75) is 25.7 Å². The predicted molar refractivity (Wildman–Crippen MR) is 77.6 cm³/mol. The number of ether oxygens (including phenoxy) is 1. The fraction of sp³-hybridized carbons (Fsp3) is 0.533. The summed E-state index contributed by atoms with van der Waals surface area (Å²) in [5, 5.41) is 21.7. The van der Waals surface area contributed by atoms with E-state index >= 15 is 0 Å². The average molecular weight is 275 g/mol. The van der Waals surface area contributed by atoms with Gasteiger partial charge >= 0.3 is 0 Å². The Kier molecular flexibility index (Phi) is 4.96. The van der Waals surface area contributed by atoms with E-state index in [2.05, 4.69) is 16.3 Å². The molecule has 20 heavy (non-hydrogen) atoms. The smallest absolute Gasteiger partial charge is 0.101 e. The molecule has 0 aliphatic carbocycles. The molecule has 2 N–H and O–H groups in total. The van der Waals surface area contributed by atoms with Crippen LogP contribution in [0.5, 0.6) is 0 Å². The van der Waals surface area contributed by atoms with Gasteiger partial charge in [0.25, 0.3) is 0 Å². The monoisotopic (exact) mass is 275 g/mol. The third-order valence-corrected chi connectivity index (χ3v) is 3.43. The third kappa shape index (κ3) is 3.28. The Morgan fingerprint density at radius 3 is 2.95 bits per heavy atom. The number of nitrogens with zero attached hydrogens (tertiary/aromatic N) is 2. The van der Waals surface area contributed by atoms with Gasteiger partial charge in [0.05, 0.1) is 30.1 Å². The summed E-state index contributed by atoms with van der Waals surface area (Å²) in [6.45, 7) is 4.07. The van der Waals surface area contributed by atoms with Crippen molar-refractivity contribution in [3.05, 3.63) is 29.3 Å². The van der Waals surface area contributed by atoms with E-state index in [1.807, 2.05) is 32.2 Å². The summed E-state index contributed by atoms with van der Waals surface area (Å²) in [5.74, 6) is 0. The Bertz CT molecular complexity index is 498. The van der Waals surface area contributed by atoms with Gasteiger partial charge in [-0.15, -0.1) is 0 Å². The normalized spacial score (nSPS) is 22.6. The van der Waals surface area contributed by atoms with Gasteiger partial charge in [0.1, 0.15) is 6.07 Å². The van der Waals surface area contributed by atoms with E-state index in [1.54, 1.807) is 0 Å². The SMILES string of the molecule is CNCc1ccc(N2CC(C)OC(CO)C2)c(C#N)c1. The van der Waals surface area contributed by atoms with Crippen LogP contribution >= 0.6 is 0 Å². The Morgan fingerprint density at radius 1 is 1.50 bits per heavy atom. The van der Waals surface area contributed by atoms with Crippen LogP contribution in [0.25, 0.3) is 0 Å². The minimum absolute atomic E-state index is 0.000561. The molecule has 2 atom stereocenters. The van der Waals surface area contributed by atoms with Crippen LogP contribution in [-0.4, -0.2) is 44.1 Å². The van der Waals surface area contributed by atoms with E-state index in [0.717, 1.165) is 24.3 Å². The van der Waals surface area contributed by atoms with Crippen LogP contribution < -0.4 is 10.2 Å². The highest BCUT2D eigenvalue weighted by Crippen LogP contribution is 2.25. The van der Waals surface area contributed by atoms with E-state index in [0.29, 0.717) is 12.1 Å². The van der Waals surface area contributed by atoms with Crippen LogP contribution in [0.2, 0.25) is 0 Å². The van der Waals surface area contributed by atoms with E-state index in [1.165, 1.54) is 0 Å². The van der Waals surface area contributed by atoms with Crippen LogP contribution in [0.3, 0.4) is 0 Å². The van der Waals surface area contributed by atoms with Crippen molar-refractivity contribution in [2.24, 2.45) is 0 Å². The molecule has 0 bridgehead atoms. The Hall–Kier alpha value is -1.61. The first kappa shape index (κ1) is 14.8. The standard InChI is InChI=1S/C15H21N3O2/c1-11-8-18(9-14(10-19)20-11)15-4-3-12(7-17-2)5-13(15)6-16/h3-5,11,14,17,19H,7-10H2,1-2H3. The fourth-order valence-corrected chi connectivity index (χ4v) is 2.61. The van der Waals surface area contributed by atoms with Crippen molar-refractivity contribution in [2.75, 3.05) is 31.6 Å². The van der Waals surface area contributed by atoms with E-state index in [-0.39, 0.29) is 18.8 Å². The van der Waals surface area contributed by atoms with Gasteiger partial charge in [0.15, 0.2) is 0 Å². The molecule has 1 heterocycles. The molecule has 1 aliphatic heterocycles. The van der Waals surface area contributed by atoms with Crippen LogP contribution in [-0.2, 0) is 11.3 Å². The predicted octanol–water partition coefficient (Wildman–Crippen LogP) is 0.864. The van der Waals surface area contributed by atoms with Gasteiger partial charge in [0, 0.05) is 19.6 Å². The second kappa shape index (κ2) is 6.71. The van der Waals surface area contributed by atoms with Crippen molar-refractivity contribution >= 4 is 5.69 Å². The first-order valence-electron chi connectivity index (χ1n) is 6.86. The lowest BCUT2D eigenvalue weighted by atomic mass is 10.1. The maximum absolute atomic E-state index is 9.35. The lowest BCUT2D eigenvalue weighted by Crippen LogP contribution is -2.48. The number of nitriles is 1. The van der Waals surface area contributed by atoms with Crippen molar-refractivity contribution < 1.29 is 9.84 Å².